The SMILES string of the molecule is CNCC(=O)NCc1ccc(C(C)(C)C)cc1. The first kappa shape index (κ1) is 13.7. The van der Waals surface area contributed by atoms with Crippen LogP contribution >= 0.6 is 0 Å². The van der Waals surface area contributed by atoms with Crippen molar-refractivity contribution in [3.8, 4) is 0 Å². The minimum Gasteiger partial charge on any atom is -0.351 e. The quantitative estimate of drug-likeness (QED) is 0.834. The van der Waals surface area contributed by atoms with Crippen LogP contribution in [-0.2, 0) is 16.8 Å². The number of hydrogen-bond donors (Lipinski definition) is 2. The first-order valence-electron chi connectivity index (χ1n) is 5.94. The third-order valence-corrected chi connectivity index (χ3v) is 2.65. The van der Waals surface area contributed by atoms with Crippen molar-refractivity contribution in [2.45, 2.75) is 32.7 Å². The summed E-state index contributed by atoms with van der Waals surface area (Å²) in [6, 6.07) is 8.39. The molecule has 1 rings (SSSR count). The molecule has 1 aromatic carbocycles. The maximum absolute atomic E-state index is 11.3. The molecule has 0 heterocycles. The molecule has 0 atom stereocenters. The van der Waals surface area contributed by atoms with E-state index in [1.165, 1.54) is 5.56 Å². The van der Waals surface area contributed by atoms with E-state index in [1.54, 1.807) is 7.05 Å². The fourth-order valence-corrected chi connectivity index (χ4v) is 1.55. The molecule has 0 spiro atoms. The van der Waals surface area contributed by atoms with Crippen LogP contribution in [0, 0.1) is 0 Å². The Morgan fingerprint density at radius 1 is 1.18 bits per heavy atom. The van der Waals surface area contributed by atoms with Gasteiger partial charge in [0.2, 0.25) is 5.91 Å². The summed E-state index contributed by atoms with van der Waals surface area (Å²) < 4.78 is 0. The molecule has 0 saturated carbocycles. The van der Waals surface area contributed by atoms with Gasteiger partial charge in [-0.25, -0.2) is 0 Å². The molecule has 0 bridgehead atoms. The van der Waals surface area contributed by atoms with Crippen molar-refractivity contribution in [1.29, 1.82) is 0 Å². The predicted molar refractivity (Wildman–Crippen MR) is 70.9 cm³/mol. The van der Waals surface area contributed by atoms with Crippen LogP contribution < -0.4 is 10.6 Å². The number of rotatable bonds is 4. The van der Waals surface area contributed by atoms with Crippen LogP contribution in [0.2, 0.25) is 0 Å². The number of benzene rings is 1. The molecule has 0 aliphatic heterocycles. The highest BCUT2D eigenvalue weighted by atomic mass is 16.1. The van der Waals surface area contributed by atoms with Crippen LogP contribution in [0.1, 0.15) is 31.9 Å². The van der Waals surface area contributed by atoms with Crippen LogP contribution in [0.15, 0.2) is 24.3 Å². The predicted octanol–water partition coefficient (Wildman–Crippen LogP) is 1.82. The molecule has 0 radical (unpaired) electrons. The largest absolute Gasteiger partial charge is 0.351 e. The van der Waals surface area contributed by atoms with Crippen molar-refractivity contribution < 1.29 is 4.79 Å². The van der Waals surface area contributed by atoms with Crippen molar-refractivity contribution in [3.63, 3.8) is 0 Å². The number of nitrogens with one attached hydrogen (secondary N) is 2. The van der Waals surface area contributed by atoms with Gasteiger partial charge in [0.15, 0.2) is 0 Å². The van der Waals surface area contributed by atoms with Crippen molar-refractivity contribution in [1.82, 2.24) is 10.6 Å². The summed E-state index contributed by atoms with van der Waals surface area (Å²) in [6.45, 7) is 7.52. The number of likely N-dealkylation sites (N-methyl/N-ethyl adjacent to an activating group) is 1. The maximum Gasteiger partial charge on any atom is 0.234 e. The van der Waals surface area contributed by atoms with Gasteiger partial charge in [0.1, 0.15) is 0 Å². The summed E-state index contributed by atoms with van der Waals surface area (Å²) in [7, 11) is 1.76. The lowest BCUT2D eigenvalue weighted by molar-refractivity contribution is -0.120. The highest BCUT2D eigenvalue weighted by Crippen LogP contribution is 2.21. The molecule has 17 heavy (non-hydrogen) atoms. The fourth-order valence-electron chi connectivity index (χ4n) is 1.55. The Bertz CT molecular complexity index is 363. The Morgan fingerprint density at radius 2 is 1.76 bits per heavy atom. The molecule has 0 aliphatic rings. The van der Waals surface area contributed by atoms with E-state index in [1.807, 2.05) is 0 Å². The van der Waals surface area contributed by atoms with E-state index >= 15 is 0 Å². The van der Waals surface area contributed by atoms with Crippen LogP contribution in [0.5, 0.6) is 0 Å². The summed E-state index contributed by atoms with van der Waals surface area (Å²) in [5.41, 5.74) is 2.61. The van der Waals surface area contributed by atoms with E-state index in [2.05, 4.69) is 55.7 Å². The van der Waals surface area contributed by atoms with E-state index in [0.29, 0.717) is 13.1 Å². The Morgan fingerprint density at radius 3 is 2.24 bits per heavy atom. The van der Waals surface area contributed by atoms with Crippen molar-refractivity contribution in [2.75, 3.05) is 13.6 Å². The van der Waals surface area contributed by atoms with E-state index in [0.717, 1.165) is 5.56 Å². The molecule has 3 nitrogen and oxygen atoms in total. The summed E-state index contributed by atoms with van der Waals surface area (Å²) in [4.78, 5) is 11.3. The van der Waals surface area contributed by atoms with Gasteiger partial charge in [-0.1, -0.05) is 45.0 Å². The molecule has 1 aromatic rings. The minimum atomic E-state index is 0.0207. The first-order chi connectivity index (χ1) is 7.93. The second-order valence-electron chi connectivity index (χ2n) is 5.25. The van der Waals surface area contributed by atoms with Gasteiger partial charge in [0.25, 0.3) is 0 Å². The standard InChI is InChI=1S/C14H22N2O/c1-14(2,3)12-7-5-11(6-8-12)9-16-13(17)10-15-4/h5-8,15H,9-10H2,1-4H3,(H,16,17). The zero-order valence-corrected chi connectivity index (χ0v) is 11.1. The minimum absolute atomic E-state index is 0.0207. The lowest BCUT2D eigenvalue weighted by atomic mass is 9.87. The lowest BCUT2D eigenvalue weighted by Crippen LogP contribution is -2.31. The summed E-state index contributed by atoms with van der Waals surface area (Å²) >= 11 is 0. The zero-order valence-electron chi connectivity index (χ0n) is 11.1. The first-order valence-corrected chi connectivity index (χ1v) is 5.94. The van der Waals surface area contributed by atoms with Crippen molar-refractivity contribution in [3.05, 3.63) is 35.4 Å². The van der Waals surface area contributed by atoms with Gasteiger partial charge in [-0.2, -0.15) is 0 Å². The molecule has 0 saturated heterocycles. The highest BCUT2D eigenvalue weighted by Gasteiger charge is 2.12. The van der Waals surface area contributed by atoms with Gasteiger partial charge in [0, 0.05) is 6.54 Å². The smallest absolute Gasteiger partial charge is 0.234 e. The second-order valence-corrected chi connectivity index (χ2v) is 5.25. The van der Waals surface area contributed by atoms with Gasteiger partial charge in [-0.05, 0) is 23.6 Å². The van der Waals surface area contributed by atoms with Crippen LogP contribution in [0.4, 0.5) is 0 Å². The van der Waals surface area contributed by atoms with Crippen LogP contribution in [-0.4, -0.2) is 19.5 Å². The molecule has 0 aromatic heterocycles. The summed E-state index contributed by atoms with van der Waals surface area (Å²) in [5.74, 6) is 0.0207. The van der Waals surface area contributed by atoms with E-state index in [-0.39, 0.29) is 11.3 Å². The molecular formula is C14H22N2O. The van der Waals surface area contributed by atoms with Gasteiger partial charge in [-0.15, -0.1) is 0 Å². The average molecular weight is 234 g/mol. The number of carbonyl (C=O) groups is 1. The molecular weight excluding hydrogens is 212 g/mol. The van der Waals surface area contributed by atoms with Crippen molar-refractivity contribution >= 4 is 5.91 Å². The maximum atomic E-state index is 11.3. The summed E-state index contributed by atoms with van der Waals surface area (Å²) in [5, 5.41) is 5.68. The molecule has 0 fully saturated rings. The monoisotopic (exact) mass is 234 g/mol. The van der Waals surface area contributed by atoms with Crippen LogP contribution in [0.25, 0.3) is 0 Å². The normalized spacial score (nSPS) is 11.3. The topological polar surface area (TPSA) is 41.1 Å². The average Bonchev–Trinajstić information content (AvgIpc) is 2.26. The Balaban J connectivity index is 2.54. The van der Waals surface area contributed by atoms with Gasteiger partial charge < -0.3 is 10.6 Å². The zero-order chi connectivity index (χ0) is 12.9. The third-order valence-electron chi connectivity index (χ3n) is 2.65. The number of amides is 1. The van der Waals surface area contributed by atoms with Crippen LogP contribution in [0.3, 0.4) is 0 Å². The Hall–Kier alpha value is -1.35. The molecule has 0 aliphatic carbocycles. The van der Waals surface area contributed by atoms with Crippen molar-refractivity contribution in [2.24, 2.45) is 0 Å². The third kappa shape index (κ3) is 4.57. The second kappa shape index (κ2) is 5.82. The number of carbonyl (C=O) groups excluding carboxylic acids is 1. The van der Waals surface area contributed by atoms with Gasteiger partial charge >= 0.3 is 0 Å². The molecule has 0 unspecified atom stereocenters. The summed E-state index contributed by atoms with van der Waals surface area (Å²) in [6.07, 6.45) is 0. The molecule has 94 valence electrons. The molecule has 3 heteroatoms. The Labute approximate surface area is 104 Å². The van der Waals surface area contributed by atoms with E-state index in [4.69, 9.17) is 0 Å². The number of hydrogen-bond acceptors (Lipinski definition) is 2. The fraction of sp³-hybridized carbons (Fsp3) is 0.500. The van der Waals surface area contributed by atoms with Gasteiger partial charge in [0.05, 0.1) is 6.54 Å². The van der Waals surface area contributed by atoms with Gasteiger partial charge in [-0.3, -0.25) is 4.79 Å². The van der Waals surface area contributed by atoms with E-state index in [9.17, 15) is 4.79 Å². The molecule has 2 N–H and O–H groups in total. The molecule has 1 amide bonds. The highest BCUT2D eigenvalue weighted by molar-refractivity contribution is 5.77. The lowest BCUT2D eigenvalue weighted by Gasteiger charge is -2.19. The van der Waals surface area contributed by atoms with E-state index < -0.39 is 0 Å². The Kier molecular flexibility index (Phi) is 4.70.